The number of aliphatic hydroxyl groups is 1. The van der Waals surface area contributed by atoms with Crippen LogP contribution in [-0.4, -0.2) is 20.8 Å². The lowest BCUT2D eigenvalue weighted by molar-refractivity contribution is -0.136. The van der Waals surface area contributed by atoms with Gasteiger partial charge in [0.25, 0.3) is 0 Å². The van der Waals surface area contributed by atoms with E-state index in [1.165, 1.54) is 11.5 Å². The van der Waals surface area contributed by atoms with Crippen molar-refractivity contribution in [2.75, 3.05) is 0 Å². The number of halogens is 4. The van der Waals surface area contributed by atoms with E-state index in [9.17, 15) is 18.3 Å². The molecule has 19 heavy (non-hydrogen) atoms. The van der Waals surface area contributed by atoms with E-state index in [-0.39, 0.29) is 12.4 Å². The molecule has 1 N–H and O–H groups in total. The first-order chi connectivity index (χ1) is 8.78. The molecule has 0 saturated heterocycles. The molecule has 0 saturated carbocycles. The fourth-order valence-corrected chi connectivity index (χ4v) is 2.08. The first-order valence-corrected chi connectivity index (χ1v) is 6.06. The Morgan fingerprint density at radius 1 is 1.42 bits per heavy atom. The molecule has 0 aliphatic carbocycles. The molecule has 0 fully saturated rings. The third-order valence-corrected chi connectivity index (χ3v) is 2.97. The van der Waals surface area contributed by atoms with Gasteiger partial charge in [0.2, 0.25) is 0 Å². The Labute approximate surface area is 112 Å². The van der Waals surface area contributed by atoms with Gasteiger partial charge in [-0.2, -0.15) is 13.2 Å². The summed E-state index contributed by atoms with van der Waals surface area (Å²) in [5.41, 5.74) is 1.01. The number of rotatable bonds is 3. The number of imidazole rings is 1. The highest BCUT2D eigenvalue weighted by atomic mass is 35.5. The van der Waals surface area contributed by atoms with Gasteiger partial charge in [0.05, 0.1) is 17.5 Å². The normalized spacial score (nSPS) is 14.0. The quantitative estimate of drug-likeness (QED) is 0.937. The summed E-state index contributed by atoms with van der Waals surface area (Å²) in [5, 5.41) is 10.1. The largest absolute Gasteiger partial charge is 0.390 e. The summed E-state index contributed by atoms with van der Waals surface area (Å²) in [6.45, 7) is 1.19. The Morgan fingerprint density at radius 2 is 2.11 bits per heavy atom. The summed E-state index contributed by atoms with van der Waals surface area (Å²) in [4.78, 5) is 4.13. The van der Waals surface area contributed by atoms with E-state index < -0.39 is 18.7 Å². The summed E-state index contributed by atoms with van der Waals surface area (Å²) in [7, 11) is 0. The van der Waals surface area contributed by atoms with Gasteiger partial charge in [-0.1, -0.05) is 11.6 Å². The van der Waals surface area contributed by atoms with Crippen molar-refractivity contribution in [2.24, 2.45) is 0 Å². The van der Waals surface area contributed by atoms with Gasteiger partial charge in [-0.15, -0.1) is 0 Å². The van der Waals surface area contributed by atoms with Crippen LogP contribution in [0.15, 0.2) is 18.2 Å². The van der Waals surface area contributed by atoms with Crippen LogP contribution in [0.3, 0.4) is 0 Å². The first kappa shape index (κ1) is 14.1. The molecule has 0 spiro atoms. The lowest BCUT2D eigenvalue weighted by Gasteiger charge is -2.12. The van der Waals surface area contributed by atoms with E-state index in [0.29, 0.717) is 16.1 Å². The lowest BCUT2D eigenvalue weighted by atomic mass is 10.3. The fourth-order valence-electron chi connectivity index (χ4n) is 1.91. The molecule has 3 nitrogen and oxygen atoms in total. The second-order valence-electron chi connectivity index (χ2n) is 4.30. The molecule has 0 aliphatic heterocycles. The standard InChI is InChI=1S/C12H12ClF3N2O/c1-7(19)11-17-9-6-8(13)2-3-10(9)18(11)5-4-12(14,15)16/h2-3,6-7,19H,4-5H2,1H3. The molecule has 1 aromatic heterocycles. The molecule has 0 radical (unpaired) electrons. The number of aromatic nitrogens is 2. The topological polar surface area (TPSA) is 38.1 Å². The number of nitrogens with zero attached hydrogens (tertiary/aromatic N) is 2. The molecule has 2 aromatic rings. The molecule has 1 unspecified atom stereocenters. The molecule has 0 aliphatic rings. The summed E-state index contributed by atoms with van der Waals surface area (Å²) >= 11 is 5.82. The van der Waals surface area contributed by atoms with Crippen LogP contribution in [0.1, 0.15) is 25.3 Å². The van der Waals surface area contributed by atoms with Gasteiger partial charge in [-0.3, -0.25) is 0 Å². The Balaban J connectivity index is 2.46. The van der Waals surface area contributed by atoms with Crippen LogP contribution in [0.25, 0.3) is 11.0 Å². The maximum atomic E-state index is 12.3. The van der Waals surface area contributed by atoms with E-state index in [2.05, 4.69) is 4.98 Å². The van der Waals surface area contributed by atoms with Gasteiger partial charge in [-0.05, 0) is 25.1 Å². The SMILES string of the molecule is CC(O)c1nc2cc(Cl)ccc2n1CCC(F)(F)F. The Bertz CT molecular complexity index is 592. The number of alkyl halides is 3. The van der Waals surface area contributed by atoms with Crippen molar-refractivity contribution in [1.29, 1.82) is 0 Å². The maximum absolute atomic E-state index is 12.3. The van der Waals surface area contributed by atoms with E-state index in [4.69, 9.17) is 11.6 Å². The van der Waals surface area contributed by atoms with Crippen molar-refractivity contribution >= 4 is 22.6 Å². The third-order valence-electron chi connectivity index (χ3n) is 2.73. The average Bonchev–Trinajstić information content (AvgIpc) is 2.63. The van der Waals surface area contributed by atoms with Crippen LogP contribution in [0.4, 0.5) is 13.2 Å². The Hall–Kier alpha value is -1.27. The van der Waals surface area contributed by atoms with Gasteiger partial charge in [0.1, 0.15) is 11.9 Å². The van der Waals surface area contributed by atoms with Crippen LogP contribution in [-0.2, 0) is 6.54 Å². The van der Waals surface area contributed by atoms with Crippen molar-refractivity contribution < 1.29 is 18.3 Å². The van der Waals surface area contributed by atoms with Crippen LogP contribution in [0.5, 0.6) is 0 Å². The maximum Gasteiger partial charge on any atom is 0.390 e. The van der Waals surface area contributed by atoms with Crippen molar-refractivity contribution in [1.82, 2.24) is 9.55 Å². The molecule has 0 bridgehead atoms. The molecule has 104 valence electrons. The Morgan fingerprint density at radius 3 is 2.68 bits per heavy atom. The van der Waals surface area contributed by atoms with Crippen LogP contribution >= 0.6 is 11.6 Å². The highest BCUT2D eigenvalue weighted by Crippen LogP contribution is 2.27. The fraction of sp³-hybridized carbons (Fsp3) is 0.417. The van der Waals surface area contributed by atoms with Gasteiger partial charge < -0.3 is 9.67 Å². The third kappa shape index (κ3) is 3.19. The zero-order valence-corrected chi connectivity index (χ0v) is 10.8. The molecular formula is C12H12ClF3N2O. The minimum atomic E-state index is -4.25. The molecule has 1 aromatic carbocycles. The molecule has 2 rings (SSSR count). The predicted molar refractivity (Wildman–Crippen MR) is 66.0 cm³/mol. The number of hydrogen-bond acceptors (Lipinski definition) is 2. The zero-order chi connectivity index (χ0) is 14.2. The number of aliphatic hydroxyl groups excluding tert-OH is 1. The molecule has 1 heterocycles. The molecular weight excluding hydrogens is 281 g/mol. The van der Waals surface area contributed by atoms with Crippen molar-refractivity contribution in [3.8, 4) is 0 Å². The van der Waals surface area contributed by atoms with Crippen molar-refractivity contribution in [3.05, 3.63) is 29.0 Å². The number of hydrogen-bond donors (Lipinski definition) is 1. The van der Waals surface area contributed by atoms with Gasteiger partial charge >= 0.3 is 6.18 Å². The van der Waals surface area contributed by atoms with E-state index >= 15 is 0 Å². The van der Waals surface area contributed by atoms with Gasteiger partial charge in [0, 0.05) is 11.6 Å². The van der Waals surface area contributed by atoms with Crippen molar-refractivity contribution in [3.63, 3.8) is 0 Å². The van der Waals surface area contributed by atoms with E-state index in [1.54, 1.807) is 18.2 Å². The van der Waals surface area contributed by atoms with Crippen molar-refractivity contribution in [2.45, 2.75) is 32.2 Å². The summed E-state index contributed by atoms with van der Waals surface area (Å²) in [6.07, 6.45) is -6.17. The van der Waals surface area contributed by atoms with Crippen LogP contribution in [0.2, 0.25) is 5.02 Å². The zero-order valence-electron chi connectivity index (χ0n) is 10.1. The summed E-state index contributed by atoms with van der Waals surface area (Å²) < 4.78 is 38.4. The second kappa shape index (κ2) is 5.02. The Kier molecular flexibility index (Phi) is 3.73. The minimum Gasteiger partial charge on any atom is -0.385 e. The highest BCUT2D eigenvalue weighted by molar-refractivity contribution is 6.31. The molecule has 1 atom stereocenters. The lowest BCUT2D eigenvalue weighted by Crippen LogP contribution is -2.14. The van der Waals surface area contributed by atoms with Gasteiger partial charge in [0.15, 0.2) is 0 Å². The minimum absolute atomic E-state index is 0.210. The number of benzene rings is 1. The first-order valence-electron chi connectivity index (χ1n) is 5.68. The monoisotopic (exact) mass is 292 g/mol. The van der Waals surface area contributed by atoms with E-state index in [0.717, 1.165) is 0 Å². The molecule has 7 heteroatoms. The average molecular weight is 293 g/mol. The highest BCUT2D eigenvalue weighted by Gasteiger charge is 2.28. The molecule has 0 amide bonds. The smallest absolute Gasteiger partial charge is 0.385 e. The number of fused-ring (bicyclic) bond motifs is 1. The van der Waals surface area contributed by atoms with E-state index in [1.807, 2.05) is 0 Å². The van der Waals surface area contributed by atoms with Gasteiger partial charge in [-0.25, -0.2) is 4.98 Å². The predicted octanol–water partition coefficient (Wildman–Crippen LogP) is 3.70. The van der Waals surface area contributed by atoms with Crippen LogP contribution < -0.4 is 0 Å². The summed E-state index contributed by atoms with van der Waals surface area (Å²) in [6, 6.07) is 4.75. The second-order valence-corrected chi connectivity index (χ2v) is 4.73. The van der Waals surface area contributed by atoms with Crippen LogP contribution in [0, 0.1) is 0 Å². The summed E-state index contributed by atoms with van der Waals surface area (Å²) in [5.74, 6) is 0.210. The number of aryl methyl sites for hydroxylation is 1.